The van der Waals surface area contributed by atoms with Crippen LogP contribution in [0.2, 0.25) is 0 Å². The van der Waals surface area contributed by atoms with Gasteiger partial charge in [0.15, 0.2) is 0 Å². The summed E-state index contributed by atoms with van der Waals surface area (Å²) in [5.41, 5.74) is 9.38. The minimum Gasteiger partial charge on any atom is -0.390 e. The van der Waals surface area contributed by atoms with Gasteiger partial charge in [0.25, 0.3) is 11.8 Å². The zero-order valence-corrected chi connectivity index (χ0v) is 39.5. The van der Waals surface area contributed by atoms with Crippen LogP contribution >= 0.6 is 0 Å². The molecule has 10 nitrogen and oxygen atoms in total. The van der Waals surface area contributed by atoms with E-state index < -0.39 is 5.60 Å². The molecule has 6 atom stereocenters. The van der Waals surface area contributed by atoms with E-state index in [1.807, 2.05) is 44.3 Å². The lowest BCUT2D eigenvalue weighted by molar-refractivity contribution is -0.0502. The SMILES string of the molecule is CC[C@@]1(O)CC[C@@]2(Cc3ccccc3)c3cc(C(=O)Nc4cccnc4C)cn3CCC[C@H]2C1.Cc1ncccc1NC(=O)c1cc2n(c1)CCC[C@H]1C[C@]3(CC[C@@]21Cc1ccccc1)CO3. The van der Waals surface area contributed by atoms with Gasteiger partial charge in [0.2, 0.25) is 0 Å². The first-order valence-corrected chi connectivity index (χ1v) is 24.8. The van der Waals surface area contributed by atoms with Gasteiger partial charge in [0.05, 0.1) is 51.7 Å². The summed E-state index contributed by atoms with van der Waals surface area (Å²) in [5, 5.41) is 17.4. The number of hydrogen-bond acceptors (Lipinski definition) is 6. The van der Waals surface area contributed by atoms with E-state index in [1.165, 1.54) is 28.9 Å². The zero-order chi connectivity index (χ0) is 46.2. The number of hydrogen-bond donors (Lipinski definition) is 3. The number of carbonyl (C=O) groups is 2. The molecule has 5 aliphatic rings. The number of aliphatic hydroxyl groups is 1. The molecule has 1 saturated heterocycles. The highest BCUT2D eigenvalue weighted by molar-refractivity contribution is 6.05. The second-order valence-corrected chi connectivity index (χ2v) is 20.6. The molecule has 10 heteroatoms. The van der Waals surface area contributed by atoms with Gasteiger partial charge in [-0.1, -0.05) is 67.6 Å². The lowest BCUT2D eigenvalue weighted by Gasteiger charge is -2.49. The van der Waals surface area contributed by atoms with E-state index in [-0.39, 0.29) is 28.2 Å². The van der Waals surface area contributed by atoms with E-state index in [0.29, 0.717) is 17.4 Å². The van der Waals surface area contributed by atoms with Gasteiger partial charge < -0.3 is 29.6 Å². The number of anilines is 2. The molecular weight excluding hydrogens is 833 g/mol. The third kappa shape index (κ3) is 9.03. The summed E-state index contributed by atoms with van der Waals surface area (Å²) in [5.74, 6) is 0.806. The quantitative estimate of drug-likeness (QED) is 0.124. The third-order valence-corrected chi connectivity index (χ3v) is 16.6. The first-order valence-electron chi connectivity index (χ1n) is 24.8. The summed E-state index contributed by atoms with van der Waals surface area (Å²) in [7, 11) is 0. The van der Waals surface area contributed by atoms with Gasteiger partial charge in [0.1, 0.15) is 0 Å². The Morgan fingerprint density at radius 3 is 1.61 bits per heavy atom. The minimum atomic E-state index is -0.579. The molecule has 3 aliphatic heterocycles. The first-order chi connectivity index (χ1) is 32.5. The lowest BCUT2D eigenvalue weighted by Crippen LogP contribution is -2.49. The fourth-order valence-electron chi connectivity index (χ4n) is 12.6. The maximum atomic E-state index is 13.2. The number of amides is 2. The predicted octanol–water partition coefficient (Wildman–Crippen LogP) is 10.9. The molecule has 3 N–H and O–H groups in total. The van der Waals surface area contributed by atoms with Gasteiger partial charge in [-0.2, -0.15) is 0 Å². The number of aryl methyl sites for hydroxylation is 4. The molecule has 2 amide bonds. The minimum absolute atomic E-state index is 0.0395. The molecule has 2 aromatic carbocycles. The van der Waals surface area contributed by atoms with Gasteiger partial charge in [0, 0.05) is 60.1 Å². The monoisotopic (exact) mass is 899 g/mol. The van der Waals surface area contributed by atoms with Crippen LogP contribution in [0.25, 0.3) is 0 Å². The lowest BCUT2D eigenvalue weighted by atomic mass is 9.57. The fraction of sp³-hybridized carbons (Fsp3) is 0.439. The number of epoxide rings is 1. The maximum Gasteiger partial charge on any atom is 0.257 e. The smallest absolute Gasteiger partial charge is 0.257 e. The summed E-state index contributed by atoms with van der Waals surface area (Å²) < 4.78 is 10.7. The number of nitrogens with zero attached hydrogens (tertiary/aromatic N) is 4. The van der Waals surface area contributed by atoms with Crippen LogP contribution in [0.5, 0.6) is 0 Å². The van der Waals surface area contributed by atoms with E-state index in [0.717, 1.165) is 125 Å². The Morgan fingerprint density at radius 2 is 1.15 bits per heavy atom. The van der Waals surface area contributed by atoms with Gasteiger partial charge >= 0.3 is 0 Å². The van der Waals surface area contributed by atoms with Crippen molar-refractivity contribution in [1.82, 2.24) is 19.1 Å². The topological polar surface area (TPSA) is 127 Å². The Morgan fingerprint density at radius 1 is 0.672 bits per heavy atom. The normalized spacial score (nSPS) is 27.1. The first kappa shape index (κ1) is 45.0. The highest BCUT2D eigenvalue weighted by Crippen LogP contribution is 2.57. The maximum absolute atomic E-state index is 13.2. The number of pyridine rings is 2. The average Bonchev–Trinajstić information content (AvgIpc) is 3.82. The molecule has 4 aromatic heterocycles. The molecule has 0 radical (unpaired) electrons. The number of benzene rings is 2. The number of rotatable bonds is 9. The summed E-state index contributed by atoms with van der Waals surface area (Å²) in [4.78, 5) is 35.1. The van der Waals surface area contributed by atoms with Crippen LogP contribution in [0, 0.1) is 25.7 Å². The number of fused-ring (bicyclic) bond motifs is 6. The van der Waals surface area contributed by atoms with Crippen molar-refractivity contribution in [2.75, 3.05) is 17.2 Å². The molecule has 348 valence electrons. The van der Waals surface area contributed by atoms with Crippen molar-refractivity contribution in [3.63, 3.8) is 0 Å². The predicted molar refractivity (Wildman–Crippen MR) is 263 cm³/mol. The zero-order valence-electron chi connectivity index (χ0n) is 39.5. The second kappa shape index (κ2) is 18.3. The van der Waals surface area contributed by atoms with E-state index in [2.05, 4.69) is 116 Å². The van der Waals surface area contributed by atoms with Crippen molar-refractivity contribution in [1.29, 1.82) is 0 Å². The number of carbonyl (C=O) groups excluding carboxylic acids is 2. The van der Waals surface area contributed by atoms with Gasteiger partial charge in [-0.05, 0) is 157 Å². The Labute approximate surface area is 395 Å². The van der Waals surface area contributed by atoms with Crippen LogP contribution in [0.15, 0.2) is 122 Å². The molecule has 11 rings (SSSR count). The summed E-state index contributed by atoms with van der Waals surface area (Å²) in [6, 6.07) is 33.4. The van der Waals surface area contributed by atoms with Gasteiger partial charge in [-0.25, -0.2) is 0 Å². The molecule has 2 saturated carbocycles. The molecule has 1 spiro atoms. The Bertz CT molecular complexity index is 2720. The van der Waals surface area contributed by atoms with E-state index in [1.54, 1.807) is 12.4 Å². The highest BCUT2D eigenvalue weighted by Gasteiger charge is 2.57. The summed E-state index contributed by atoms with van der Waals surface area (Å²) >= 11 is 0. The molecule has 0 unspecified atom stereocenters. The van der Waals surface area contributed by atoms with E-state index >= 15 is 0 Å². The van der Waals surface area contributed by atoms with Gasteiger partial charge in [-0.15, -0.1) is 0 Å². The summed E-state index contributed by atoms with van der Waals surface area (Å²) in [6.45, 7) is 8.72. The average molecular weight is 899 g/mol. The molecule has 6 aromatic rings. The molecule has 3 fully saturated rings. The molecule has 67 heavy (non-hydrogen) atoms. The third-order valence-electron chi connectivity index (χ3n) is 16.6. The van der Waals surface area contributed by atoms with Crippen LogP contribution in [-0.4, -0.2) is 53.8 Å². The van der Waals surface area contributed by atoms with Crippen LogP contribution in [0.3, 0.4) is 0 Å². The molecule has 2 aliphatic carbocycles. The Hall–Kier alpha value is -5.84. The van der Waals surface area contributed by atoms with E-state index in [4.69, 9.17) is 4.74 Å². The van der Waals surface area contributed by atoms with Crippen molar-refractivity contribution in [3.8, 4) is 0 Å². The number of ether oxygens (including phenoxy) is 1. The van der Waals surface area contributed by atoms with Crippen LogP contribution in [0.1, 0.15) is 132 Å². The molecule has 7 heterocycles. The van der Waals surface area contributed by atoms with Crippen molar-refractivity contribution >= 4 is 23.2 Å². The number of aromatic nitrogens is 4. The molecule has 0 bridgehead atoms. The van der Waals surface area contributed by atoms with Crippen molar-refractivity contribution in [2.24, 2.45) is 11.8 Å². The Kier molecular flexibility index (Phi) is 12.3. The van der Waals surface area contributed by atoms with Crippen molar-refractivity contribution in [3.05, 3.63) is 167 Å². The van der Waals surface area contributed by atoms with Crippen LogP contribution in [0.4, 0.5) is 11.4 Å². The van der Waals surface area contributed by atoms with Crippen LogP contribution < -0.4 is 10.6 Å². The second-order valence-electron chi connectivity index (χ2n) is 20.6. The fourth-order valence-corrected chi connectivity index (χ4v) is 12.6. The summed E-state index contributed by atoms with van der Waals surface area (Å²) in [6.07, 6.45) is 20.8. The van der Waals surface area contributed by atoms with Crippen molar-refractivity contribution < 1.29 is 19.4 Å². The highest BCUT2D eigenvalue weighted by atomic mass is 16.6. The molecular formula is C57H66N6O4. The number of nitrogens with one attached hydrogen (secondary N) is 2. The van der Waals surface area contributed by atoms with Gasteiger partial charge in [-0.3, -0.25) is 19.6 Å². The van der Waals surface area contributed by atoms with Crippen LogP contribution in [-0.2, 0) is 41.5 Å². The Balaban J connectivity index is 0.000000157. The van der Waals surface area contributed by atoms with E-state index in [9.17, 15) is 14.7 Å². The largest absolute Gasteiger partial charge is 0.390 e. The van der Waals surface area contributed by atoms with Crippen molar-refractivity contribution in [2.45, 2.75) is 139 Å². The standard InChI is InChI=1S/C29H35N3O2.C28H31N3O2/c1-3-28(34)13-14-29(18-22-9-5-4-6-10-22)24(19-28)11-8-16-32-20-23(17-26(29)32)27(33)31-25-12-7-15-30-21(25)2;1-20-24(10-5-13-29-20)30-26(32)22-15-25-28(16-21-7-3-2-4-8-21)12-11-27(19-33-27)17-23(28)9-6-14-31(25)18-22/h4-7,9-10,12,15,17,20,24,34H,3,8,11,13-14,16,18-19H2,1-2H3,(H,31,33);2-5,7-8,10,13,15,18,23H,6,9,11-12,14,16-17,19H2,1H3,(H,30,32)/t24-,28+,29-;23-,27+,28-/m00/s1.